The molecule has 1 saturated heterocycles. The average molecular weight is 319 g/mol. The van der Waals surface area contributed by atoms with Crippen LogP contribution in [-0.4, -0.2) is 41.2 Å². The number of hydrogen-bond acceptors (Lipinski definition) is 6. The van der Waals surface area contributed by atoms with Crippen LogP contribution in [0.5, 0.6) is 11.5 Å². The van der Waals surface area contributed by atoms with Gasteiger partial charge < -0.3 is 14.4 Å². The molecule has 0 N–H and O–H groups in total. The van der Waals surface area contributed by atoms with Crippen LogP contribution in [0.4, 0.5) is 0 Å². The molecule has 7 heteroatoms. The number of ether oxygens (including phenoxy) is 2. The van der Waals surface area contributed by atoms with Crippen molar-refractivity contribution < 1.29 is 14.3 Å². The lowest BCUT2D eigenvalue weighted by atomic mass is 10.0. The maximum absolute atomic E-state index is 12.6. The summed E-state index contributed by atoms with van der Waals surface area (Å²) in [5.74, 6) is 1.36. The molecule has 0 saturated carbocycles. The van der Waals surface area contributed by atoms with Crippen molar-refractivity contribution in [3.63, 3.8) is 0 Å². The first-order valence-corrected chi connectivity index (χ1v) is 7.82. The van der Waals surface area contributed by atoms with Crippen molar-refractivity contribution in [3.8, 4) is 11.5 Å². The molecule has 1 aromatic heterocycles. The molecule has 116 valence electrons. The Balaban J connectivity index is 1.88. The molecule has 1 aromatic carbocycles. The molecule has 0 bridgehead atoms. The average Bonchev–Trinajstić information content (AvgIpc) is 3.24. The number of methoxy groups -OCH3 is 2. The summed E-state index contributed by atoms with van der Waals surface area (Å²) in [7, 11) is 3.22. The largest absolute Gasteiger partial charge is 0.493 e. The van der Waals surface area contributed by atoms with Gasteiger partial charge >= 0.3 is 0 Å². The third-order valence-corrected chi connectivity index (χ3v) is 4.53. The van der Waals surface area contributed by atoms with Gasteiger partial charge in [0, 0.05) is 6.54 Å². The predicted octanol–water partition coefficient (Wildman–Crippen LogP) is 2.53. The first kappa shape index (κ1) is 14.8. The highest BCUT2D eigenvalue weighted by Crippen LogP contribution is 2.37. The molecule has 0 radical (unpaired) electrons. The quantitative estimate of drug-likeness (QED) is 0.866. The summed E-state index contributed by atoms with van der Waals surface area (Å²) >= 11 is 1.13. The van der Waals surface area contributed by atoms with E-state index in [4.69, 9.17) is 9.47 Å². The first-order chi connectivity index (χ1) is 10.7. The number of aromatic nitrogens is 2. The zero-order valence-corrected chi connectivity index (χ0v) is 13.3. The van der Waals surface area contributed by atoms with Crippen LogP contribution in [0.2, 0.25) is 0 Å². The molecule has 1 aliphatic heterocycles. The summed E-state index contributed by atoms with van der Waals surface area (Å²) < 4.78 is 14.4. The van der Waals surface area contributed by atoms with Crippen molar-refractivity contribution in [3.05, 3.63) is 34.8 Å². The van der Waals surface area contributed by atoms with E-state index in [2.05, 4.69) is 9.59 Å². The van der Waals surface area contributed by atoms with Gasteiger partial charge in [0.05, 0.1) is 26.5 Å². The molecule has 6 nitrogen and oxygen atoms in total. The van der Waals surface area contributed by atoms with Gasteiger partial charge in [0.2, 0.25) is 0 Å². The summed E-state index contributed by atoms with van der Waals surface area (Å²) in [6.07, 6.45) is 3.45. The van der Waals surface area contributed by atoms with E-state index in [0.717, 1.165) is 36.5 Å². The van der Waals surface area contributed by atoms with E-state index in [1.807, 2.05) is 23.1 Å². The summed E-state index contributed by atoms with van der Waals surface area (Å²) in [5, 5.41) is 3.75. The molecule has 22 heavy (non-hydrogen) atoms. The van der Waals surface area contributed by atoms with E-state index in [-0.39, 0.29) is 11.9 Å². The highest BCUT2D eigenvalue weighted by atomic mass is 32.1. The molecule has 1 fully saturated rings. The molecular formula is C15H17N3O3S. The number of amides is 1. The highest BCUT2D eigenvalue weighted by Gasteiger charge is 2.32. The van der Waals surface area contributed by atoms with Crippen molar-refractivity contribution in [2.45, 2.75) is 18.9 Å². The lowest BCUT2D eigenvalue weighted by molar-refractivity contribution is 0.0740. The summed E-state index contributed by atoms with van der Waals surface area (Å²) in [6, 6.07) is 5.86. The standard InChI is InChI=1S/C15H17N3O3S/c1-20-12-6-5-10(8-13(12)21-2)11-4-3-7-18(11)15(19)14-9-16-17-22-14/h5-6,8-9,11H,3-4,7H2,1-2H3/t11-/m1/s1. The van der Waals surface area contributed by atoms with E-state index in [9.17, 15) is 4.79 Å². The summed E-state index contributed by atoms with van der Waals surface area (Å²) in [6.45, 7) is 0.746. The van der Waals surface area contributed by atoms with Crippen LogP contribution in [0, 0.1) is 0 Å². The minimum atomic E-state index is -0.00714. The number of hydrogen-bond donors (Lipinski definition) is 0. The minimum Gasteiger partial charge on any atom is -0.493 e. The fourth-order valence-electron chi connectivity index (χ4n) is 2.82. The van der Waals surface area contributed by atoms with Crippen LogP contribution in [0.3, 0.4) is 0 Å². The number of likely N-dealkylation sites (tertiary alicyclic amines) is 1. The molecule has 1 atom stereocenters. The smallest absolute Gasteiger partial charge is 0.267 e. The second-order valence-corrected chi connectivity index (χ2v) is 5.84. The molecule has 1 amide bonds. The maximum atomic E-state index is 12.6. The van der Waals surface area contributed by atoms with Crippen LogP contribution in [0.15, 0.2) is 24.4 Å². The topological polar surface area (TPSA) is 64.5 Å². The fourth-order valence-corrected chi connectivity index (χ4v) is 3.29. The fraction of sp³-hybridized carbons (Fsp3) is 0.400. The van der Waals surface area contributed by atoms with Crippen LogP contribution in [0.1, 0.15) is 34.1 Å². The van der Waals surface area contributed by atoms with Crippen LogP contribution >= 0.6 is 11.5 Å². The maximum Gasteiger partial charge on any atom is 0.267 e. The number of carbonyl (C=O) groups excluding carboxylic acids is 1. The van der Waals surface area contributed by atoms with Gasteiger partial charge in [-0.05, 0) is 42.1 Å². The normalized spacial score (nSPS) is 17.5. The van der Waals surface area contributed by atoms with Crippen molar-refractivity contribution >= 4 is 17.4 Å². The van der Waals surface area contributed by atoms with Crippen molar-refractivity contribution in [1.82, 2.24) is 14.5 Å². The van der Waals surface area contributed by atoms with E-state index < -0.39 is 0 Å². The van der Waals surface area contributed by atoms with Gasteiger partial charge in [-0.1, -0.05) is 10.6 Å². The zero-order valence-electron chi connectivity index (χ0n) is 12.5. The second kappa shape index (κ2) is 6.31. The Morgan fingerprint density at radius 1 is 1.32 bits per heavy atom. The van der Waals surface area contributed by atoms with Crippen LogP contribution in [-0.2, 0) is 0 Å². The zero-order chi connectivity index (χ0) is 15.5. The van der Waals surface area contributed by atoms with Crippen LogP contribution in [0.25, 0.3) is 0 Å². The third kappa shape index (κ3) is 2.64. The SMILES string of the molecule is COc1ccc([C@H]2CCCN2C(=O)c2cnns2)cc1OC. The monoisotopic (exact) mass is 319 g/mol. The van der Waals surface area contributed by atoms with Crippen molar-refractivity contribution in [2.24, 2.45) is 0 Å². The molecule has 0 aliphatic carbocycles. The molecule has 0 unspecified atom stereocenters. The van der Waals surface area contributed by atoms with Gasteiger partial charge in [0.15, 0.2) is 11.5 Å². The van der Waals surface area contributed by atoms with E-state index in [0.29, 0.717) is 16.4 Å². The van der Waals surface area contributed by atoms with Gasteiger partial charge in [0.25, 0.3) is 5.91 Å². The Morgan fingerprint density at radius 2 is 2.14 bits per heavy atom. The predicted molar refractivity (Wildman–Crippen MR) is 82.5 cm³/mol. The summed E-state index contributed by atoms with van der Waals surface area (Å²) in [5.41, 5.74) is 1.06. The summed E-state index contributed by atoms with van der Waals surface area (Å²) in [4.78, 5) is 15.0. The van der Waals surface area contributed by atoms with Crippen molar-refractivity contribution in [2.75, 3.05) is 20.8 Å². The Kier molecular flexibility index (Phi) is 4.24. The van der Waals surface area contributed by atoms with E-state index in [1.165, 1.54) is 6.20 Å². The van der Waals surface area contributed by atoms with Gasteiger partial charge in [-0.3, -0.25) is 4.79 Å². The van der Waals surface area contributed by atoms with Crippen LogP contribution < -0.4 is 9.47 Å². The third-order valence-electron chi connectivity index (χ3n) is 3.88. The van der Waals surface area contributed by atoms with Gasteiger partial charge in [-0.2, -0.15) is 0 Å². The highest BCUT2D eigenvalue weighted by molar-refractivity contribution is 7.07. The molecule has 2 aromatic rings. The minimum absolute atomic E-state index is 0.00714. The number of carbonyl (C=O) groups is 1. The Hall–Kier alpha value is -2.15. The van der Waals surface area contributed by atoms with Gasteiger partial charge in [-0.25, -0.2) is 0 Å². The van der Waals surface area contributed by atoms with Gasteiger partial charge in [-0.15, -0.1) is 5.10 Å². The van der Waals surface area contributed by atoms with Gasteiger partial charge in [0.1, 0.15) is 4.88 Å². The second-order valence-electron chi connectivity index (χ2n) is 5.05. The lowest BCUT2D eigenvalue weighted by Gasteiger charge is -2.25. The Labute approximate surface area is 132 Å². The van der Waals surface area contributed by atoms with E-state index >= 15 is 0 Å². The Bertz CT molecular complexity index is 660. The van der Waals surface area contributed by atoms with Crippen molar-refractivity contribution in [1.29, 1.82) is 0 Å². The number of nitrogens with zero attached hydrogens (tertiary/aromatic N) is 3. The molecule has 2 heterocycles. The number of rotatable bonds is 4. The number of benzene rings is 1. The van der Waals surface area contributed by atoms with E-state index in [1.54, 1.807) is 14.2 Å². The first-order valence-electron chi connectivity index (χ1n) is 7.05. The Morgan fingerprint density at radius 3 is 2.82 bits per heavy atom. The molecule has 1 aliphatic rings. The molecular weight excluding hydrogens is 302 g/mol. The molecule has 3 rings (SSSR count). The lowest BCUT2D eigenvalue weighted by Crippen LogP contribution is -2.30. The molecule has 0 spiro atoms.